The first kappa shape index (κ1) is 19.9. The highest BCUT2D eigenvalue weighted by Crippen LogP contribution is 2.20. The molecule has 2 aromatic heterocycles. The minimum atomic E-state index is -0.555. The van der Waals surface area contributed by atoms with Gasteiger partial charge >= 0.3 is 6.09 Å². The van der Waals surface area contributed by atoms with Crippen molar-refractivity contribution in [3.63, 3.8) is 0 Å². The fourth-order valence-corrected chi connectivity index (χ4v) is 3.11. The molecule has 28 heavy (non-hydrogen) atoms. The molecule has 0 bridgehead atoms. The highest BCUT2D eigenvalue weighted by atomic mass is 16.6. The van der Waals surface area contributed by atoms with Crippen LogP contribution in [-0.4, -0.2) is 50.3 Å². The number of carbonyl (C=O) groups excluding carboxylic acids is 2. The van der Waals surface area contributed by atoms with E-state index in [1.165, 1.54) is 0 Å². The Labute approximate surface area is 164 Å². The van der Waals surface area contributed by atoms with Gasteiger partial charge in [0.05, 0.1) is 18.2 Å². The molecular formula is C19H27N5O4. The van der Waals surface area contributed by atoms with Crippen LogP contribution in [0.25, 0.3) is 11.5 Å². The number of ether oxygens (including phenoxy) is 1. The fourth-order valence-electron chi connectivity index (χ4n) is 3.11. The van der Waals surface area contributed by atoms with Crippen LogP contribution in [0.1, 0.15) is 39.5 Å². The molecular weight excluding hydrogens is 362 g/mol. The van der Waals surface area contributed by atoms with E-state index in [9.17, 15) is 9.59 Å². The number of nitrogens with zero attached hydrogens (tertiary/aromatic N) is 4. The first-order chi connectivity index (χ1) is 13.2. The van der Waals surface area contributed by atoms with E-state index in [0.29, 0.717) is 24.8 Å². The first-order valence-corrected chi connectivity index (χ1v) is 9.43. The molecule has 1 saturated heterocycles. The summed E-state index contributed by atoms with van der Waals surface area (Å²) in [7, 11) is 1.90. The zero-order valence-electron chi connectivity index (χ0n) is 16.8. The summed E-state index contributed by atoms with van der Waals surface area (Å²) in [5.41, 5.74) is 0.280. The van der Waals surface area contributed by atoms with Crippen LogP contribution in [0.3, 0.4) is 0 Å². The van der Waals surface area contributed by atoms with Crippen molar-refractivity contribution in [2.24, 2.45) is 13.0 Å². The second kappa shape index (κ2) is 8.04. The van der Waals surface area contributed by atoms with Crippen LogP contribution < -0.4 is 5.32 Å². The number of amides is 2. The van der Waals surface area contributed by atoms with Crippen LogP contribution in [0.15, 0.2) is 22.9 Å². The Kier molecular flexibility index (Phi) is 5.71. The Bertz CT molecular complexity index is 835. The van der Waals surface area contributed by atoms with Crippen molar-refractivity contribution in [2.45, 2.75) is 45.8 Å². The smallest absolute Gasteiger partial charge is 0.410 e. The van der Waals surface area contributed by atoms with E-state index < -0.39 is 5.60 Å². The molecule has 2 aromatic rings. The molecule has 1 aliphatic heterocycles. The number of aromatic nitrogens is 3. The second-order valence-electron chi connectivity index (χ2n) is 8.00. The van der Waals surface area contributed by atoms with Gasteiger partial charge in [0.1, 0.15) is 5.60 Å². The van der Waals surface area contributed by atoms with Crippen molar-refractivity contribution in [2.75, 3.05) is 13.1 Å². The Morgan fingerprint density at radius 1 is 1.39 bits per heavy atom. The van der Waals surface area contributed by atoms with Gasteiger partial charge in [-0.2, -0.15) is 4.98 Å². The van der Waals surface area contributed by atoms with Gasteiger partial charge < -0.3 is 24.0 Å². The second-order valence-corrected chi connectivity index (χ2v) is 8.00. The third kappa shape index (κ3) is 4.90. The lowest BCUT2D eigenvalue weighted by molar-refractivity contribution is -0.126. The first-order valence-electron chi connectivity index (χ1n) is 9.43. The summed E-state index contributed by atoms with van der Waals surface area (Å²) in [6.07, 6.45) is 3.00. The summed E-state index contributed by atoms with van der Waals surface area (Å²) in [5.74, 6) is 0.401. The highest BCUT2D eigenvalue weighted by Gasteiger charge is 2.31. The molecule has 2 amide bonds. The zero-order chi connectivity index (χ0) is 20.3. The minimum absolute atomic E-state index is 0.133. The van der Waals surface area contributed by atoms with E-state index in [2.05, 4.69) is 15.5 Å². The summed E-state index contributed by atoms with van der Waals surface area (Å²) >= 11 is 0. The number of aryl methyl sites for hydroxylation is 1. The molecule has 3 heterocycles. The number of likely N-dealkylation sites (tertiary alicyclic amines) is 1. The summed E-state index contributed by atoms with van der Waals surface area (Å²) in [6.45, 7) is 6.58. The van der Waals surface area contributed by atoms with Crippen LogP contribution >= 0.6 is 0 Å². The van der Waals surface area contributed by atoms with E-state index in [1.54, 1.807) is 4.90 Å². The van der Waals surface area contributed by atoms with Crippen LogP contribution in [0.4, 0.5) is 4.79 Å². The number of hydrogen-bond donors (Lipinski definition) is 1. The molecule has 1 aliphatic rings. The Balaban J connectivity index is 1.53. The predicted molar refractivity (Wildman–Crippen MR) is 101 cm³/mol. The average Bonchev–Trinajstić information content (AvgIpc) is 3.27. The predicted octanol–water partition coefficient (Wildman–Crippen LogP) is 2.34. The van der Waals surface area contributed by atoms with Crippen molar-refractivity contribution >= 4 is 12.0 Å². The van der Waals surface area contributed by atoms with E-state index in [1.807, 2.05) is 50.7 Å². The molecule has 1 N–H and O–H groups in total. The lowest BCUT2D eigenvalue weighted by Gasteiger charge is -2.33. The van der Waals surface area contributed by atoms with Crippen LogP contribution in [0, 0.1) is 5.92 Å². The fraction of sp³-hybridized carbons (Fsp3) is 0.579. The maximum absolute atomic E-state index is 12.5. The number of nitrogens with one attached hydrogen (secondary N) is 1. The molecule has 0 spiro atoms. The summed E-state index contributed by atoms with van der Waals surface area (Å²) in [6, 6.07) is 3.78. The summed E-state index contributed by atoms with van der Waals surface area (Å²) < 4.78 is 12.5. The number of carbonyl (C=O) groups is 2. The van der Waals surface area contributed by atoms with E-state index in [4.69, 9.17) is 9.26 Å². The number of piperidine rings is 1. The van der Waals surface area contributed by atoms with Gasteiger partial charge in [-0.15, -0.1) is 0 Å². The van der Waals surface area contributed by atoms with Crippen molar-refractivity contribution < 1.29 is 18.8 Å². The maximum Gasteiger partial charge on any atom is 0.410 e. The Morgan fingerprint density at radius 2 is 2.18 bits per heavy atom. The molecule has 0 saturated carbocycles. The summed E-state index contributed by atoms with van der Waals surface area (Å²) in [5, 5.41) is 6.78. The maximum atomic E-state index is 12.5. The van der Waals surface area contributed by atoms with Crippen LogP contribution in [0.5, 0.6) is 0 Å². The van der Waals surface area contributed by atoms with E-state index >= 15 is 0 Å². The van der Waals surface area contributed by atoms with Crippen molar-refractivity contribution in [3.05, 3.63) is 24.2 Å². The van der Waals surface area contributed by atoms with Gasteiger partial charge in [-0.05, 0) is 45.7 Å². The zero-order valence-corrected chi connectivity index (χ0v) is 16.8. The average molecular weight is 389 g/mol. The van der Waals surface area contributed by atoms with E-state index in [-0.39, 0.29) is 24.5 Å². The van der Waals surface area contributed by atoms with E-state index in [0.717, 1.165) is 18.5 Å². The standard InChI is InChI=1S/C19H27N5O4/c1-19(2,3)27-18(26)24-10-5-7-13(12-24)17(25)20-11-15-21-16(22-28-15)14-8-6-9-23(14)4/h6,8-9,13H,5,7,10-12H2,1-4H3,(H,20,25)/t13-/m1/s1. The van der Waals surface area contributed by atoms with Gasteiger partial charge in [0.2, 0.25) is 17.6 Å². The lowest BCUT2D eigenvalue weighted by Crippen LogP contribution is -2.46. The summed E-state index contributed by atoms with van der Waals surface area (Å²) in [4.78, 5) is 30.7. The lowest BCUT2D eigenvalue weighted by atomic mass is 9.97. The van der Waals surface area contributed by atoms with Crippen LogP contribution in [-0.2, 0) is 23.1 Å². The van der Waals surface area contributed by atoms with Gasteiger partial charge in [-0.1, -0.05) is 5.16 Å². The van der Waals surface area contributed by atoms with Crippen molar-refractivity contribution in [1.82, 2.24) is 24.9 Å². The normalized spacial score (nSPS) is 17.4. The SMILES string of the molecule is Cn1cccc1-c1noc(CNC(=O)[C@@H]2CCCN(C(=O)OC(C)(C)C)C2)n1. The van der Waals surface area contributed by atoms with Gasteiger partial charge in [0.25, 0.3) is 0 Å². The third-order valence-electron chi connectivity index (χ3n) is 4.50. The molecule has 9 nitrogen and oxygen atoms in total. The molecule has 3 rings (SSSR count). The van der Waals surface area contributed by atoms with Gasteiger partial charge in [-0.25, -0.2) is 4.79 Å². The van der Waals surface area contributed by atoms with Gasteiger partial charge in [-0.3, -0.25) is 4.79 Å². The Hall–Kier alpha value is -2.84. The van der Waals surface area contributed by atoms with Crippen molar-refractivity contribution in [1.29, 1.82) is 0 Å². The van der Waals surface area contributed by atoms with Crippen LogP contribution in [0.2, 0.25) is 0 Å². The minimum Gasteiger partial charge on any atom is -0.444 e. The number of rotatable bonds is 4. The van der Waals surface area contributed by atoms with Gasteiger partial charge in [0, 0.05) is 26.3 Å². The molecule has 152 valence electrons. The third-order valence-corrected chi connectivity index (χ3v) is 4.50. The topological polar surface area (TPSA) is 102 Å². The monoisotopic (exact) mass is 389 g/mol. The molecule has 0 aromatic carbocycles. The molecule has 0 radical (unpaired) electrons. The quantitative estimate of drug-likeness (QED) is 0.861. The highest BCUT2D eigenvalue weighted by molar-refractivity contribution is 5.80. The van der Waals surface area contributed by atoms with Crippen molar-refractivity contribution in [3.8, 4) is 11.5 Å². The Morgan fingerprint density at radius 3 is 2.86 bits per heavy atom. The molecule has 9 heteroatoms. The van der Waals surface area contributed by atoms with Gasteiger partial charge in [0.15, 0.2) is 0 Å². The number of hydrogen-bond acceptors (Lipinski definition) is 6. The molecule has 0 aliphatic carbocycles. The largest absolute Gasteiger partial charge is 0.444 e. The molecule has 1 atom stereocenters. The molecule has 1 fully saturated rings. The molecule has 0 unspecified atom stereocenters.